The molecule has 2 saturated heterocycles. The first-order valence-corrected chi connectivity index (χ1v) is 5.29. The quantitative estimate of drug-likeness (QED) is 0.563. The van der Waals surface area contributed by atoms with Crippen LogP contribution in [0.3, 0.4) is 0 Å². The minimum absolute atomic E-state index is 0.667. The summed E-state index contributed by atoms with van der Waals surface area (Å²) in [6.07, 6.45) is 7.52. The van der Waals surface area contributed by atoms with Crippen molar-refractivity contribution in [1.29, 1.82) is 5.26 Å². The Morgan fingerprint density at radius 3 is 2.46 bits per heavy atom. The maximum atomic E-state index is 8.74. The van der Waals surface area contributed by atoms with Crippen molar-refractivity contribution in [3.8, 4) is 6.19 Å². The summed E-state index contributed by atoms with van der Waals surface area (Å²) in [6, 6.07) is 0.667. The maximum absolute atomic E-state index is 8.74. The van der Waals surface area contributed by atoms with E-state index >= 15 is 0 Å². The van der Waals surface area contributed by atoms with Gasteiger partial charge in [-0.1, -0.05) is 6.42 Å². The van der Waals surface area contributed by atoms with Crippen molar-refractivity contribution in [2.45, 2.75) is 31.7 Å². The Balaban J connectivity index is 1.84. The SMILES string of the molecule is N#CN1CC[C@H](N2CCCCC2)C1. The van der Waals surface area contributed by atoms with Gasteiger partial charge in [-0.2, -0.15) is 5.26 Å². The van der Waals surface area contributed by atoms with Gasteiger partial charge in [0.2, 0.25) is 0 Å². The molecule has 2 aliphatic rings. The molecule has 0 amide bonds. The summed E-state index contributed by atoms with van der Waals surface area (Å²) in [4.78, 5) is 4.46. The molecular formula is C10H17N3. The number of hydrogen-bond acceptors (Lipinski definition) is 3. The molecular weight excluding hydrogens is 162 g/mol. The molecule has 0 spiro atoms. The molecule has 2 aliphatic heterocycles. The molecule has 3 nitrogen and oxygen atoms in total. The number of likely N-dealkylation sites (tertiary alicyclic amines) is 2. The Hall–Kier alpha value is -0.750. The third-order valence-electron chi connectivity index (χ3n) is 3.21. The van der Waals surface area contributed by atoms with Gasteiger partial charge in [0.05, 0.1) is 0 Å². The number of nitrogens with zero attached hydrogens (tertiary/aromatic N) is 3. The molecule has 0 bridgehead atoms. The Labute approximate surface area is 79.9 Å². The molecule has 2 heterocycles. The van der Waals surface area contributed by atoms with Crippen LogP contribution in [0.2, 0.25) is 0 Å². The first kappa shape index (κ1) is 8.83. The van der Waals surface area contributed by atoms with Gasteiger partial charge in [-0.3, -0.25) is 4.90 Å². The van der Waals surface area contributed by atoms with E-state index in [-0.39, 0.29) is 0 Å². The van der Waals surface area contributed by atoms with Crippen LogP contribution < -0.4 is 0 Å². The summed E-state index contributed by atoms with van der Waals surface area (Å²) in [5.41, 5.74) is 0. The lowest BCUT2D eigenvalue weighted by atomic mass is 10.1. The molecule has 1 atom stereocenters. The van der Waals surface area contributed by atoms with Crippen LogP contribution in [0.1, 0.15) is 25.7 Å². The highest BCUT2D eigenvalue weighted by atomic mass is 15.2. The predicted molar refractivity (Wildman–Crippen MR) is 51.0 cm³/mol. The lowest BCUT2D eigenvalue weighted by Crippen LogP contribution is -2.40. The second-order valence-corrected chi connectivity index (χ2v) is 4.09. The zero-order chi connectivity index (χ0) is 9.10. The zero-order valence-electron chi connectivity index (χ0n) is 8.08. The van der Waals surface area contributed by atoms with Crippen LogP contribution in [0, 0.1) is 11.5 Å². The van der Waals surface area contributed by atoms with Crippen LogP contribution >= 0.6 is 0 Å². The van der Waals surface area contributed by atoms with Crippen molar-refractivity contribution < 1.29 is 0 Å². The Bertz CT molecular complexity index is 203. The van der Waals surface area contributed by atoms with E-state index in [4.69, 9.17) is 5.26 Å². The van der Waals surface area contributed by atoms with Crippen LogP contribution in [0.4, 0.5) is 0 Å². The third kappa shape index (κ3) is 1.94. The van der Waals surface area contributed by atoms with Crippen molar-refractivity contribution in [2.75, 3.05) is 26.2 Å². The zero-order valence-corrected chi connectivity index (χ0v) is 8.08. The van der Waals surface area contributed by atoms with Gasteiger partial charge in [0, 0.05) is 19.1 Å². The van der Waals surface area contributed by atoms with Gasteiger partial charge in [0.15, 0.2) is 6.19 Å². The smallest absolute Gasteiger partial charge is 0.179 e. The van der Waals surface area contributed by atoms with E-state index < -0.39 is 0 Å². The molecule has 13 heavy (non-hydrogen) atoms. The molecule has 0 aromatic rings. The molecule has 0 aromatic carbocycles. The first-order valence-electron chi connectivity index (χ1n) is 5.29. The van der Waals surface area contributed by atoms with E-state index in [0.717, 1.165) is 13.1 Å². The van der Waals surface area contributed by atoms with Crippen LogP contribution in [-0.2, 0) is 0 Å². The highest BCUT2D eigenvalue weighted by Gasteiger charge is 2.27. The molecule has 3 heteroatoms. The summed E-state index contributed by atoms with van der Waals surface area (Å²) >= 11 is 0. The fourth-order valence-electron chi connectivity index (χ4n) is 2.41. The van der Waals surface area contributed by atoms with Crippen molar-refractivity contribution in [2.24, 2.45) is 0 Å². The minimum Gasteiger partial charge on any atom is -0.309 e. The lowest BCUT2D eigenvalue weighted by Gasteiger charge is -2.31. The number of nitriles is 1. The van der Waals surface area contributed by atoms with Crippen molar-refractivity contribution >= 4 is 0 Å². The van der Waals surface area contributed by atoms with E-state index in [1.54, 1.807) is 0 Å². The molecule has 2 fully saturated rings. The minimum atomic E-state index is 0.667. The van der Waals surface area contributed by atoms with Crippen molar-refractivity contribution in [1.82, 2.24) is 9.80 Å². The van der Waals surface area contributed by atoms with Gasteiger partial charge < -0.3 is 4.90 Å². The van der Waals surface area contributed by atoms with Gasteiger partial charge in [-0.25, -0.2) is 0 Å². The monoisotopic (exact) mass is 179 g/mol. The van der Waals surface area contributed by atoms with Gasteiger partial charge in [0.25, 0.3) is 0 Å². The fraction of sp³-hybridized carbons (Fsp3) is 0.900. The van der Waals surface area contributed by atoms with Gasteiger partial charge in [-0.15, -0.1) is 0 Å². The summed E-state index contributed by atoms with van der Waals surface area (Å²) < 4.78 is 0. The standard InChI is InChI=1S/C10H17N3/c11-9-12-7-4-10(8-12)13-5-2-1-3-6-13/h10H,1-8H2/t10-/m0/s1. The molecule has 0 aliphatic carbocycles. The van der Waals surface area contributed by atoms with Crippen LogP contribution in [0.25, 0.3) is 0 Å². The Kier molecular flexibility index (Phi) is 2.70. The molecule has 0 saturated carbocycles. The highest BCUT2D eigenvalue weighted by Crippen LogP contribution is 2.19. The van der Waals surface area contributed by atoms with E-state index in [9.17, 15) is 0 Å². The molecule has 2 rings (SSSR count). The highest BCUT2D eigenvalue weighted by molar-refractivity contribution is 4.89. The molecule has 0 N–H and O–H groups in total. The second-order valence-electron chi connectivity index (χ2n) is 4.09. The molecule has 0 radical (unpaired) electrons. The maximum Gasteiger partial charge on any atom is 0.179 e. The van der Waals surface area contributed by atoms with Gasteiger partial charge >= 0.3 is 0 Å². The summed E-state index contributed by atoms with van der Waals surface area (Å²) in [6.45, 7) is 4.45. The molecule has 72 valence electrons. The van der Waals surface area contributed by atoms with E-state index in [0.29, 0.717) is 6.04 Å². The normalized spacial score (nSPS) is 30.4. The van der Waals surface area contributed by atoms with Gasteiger partial charge in [0.1, 0.15) is 0 Å². The number of piperidine rings is 1. The second kappa shape index (κ2) is 3.97. The Morgan fingerprint density at radius 2 is 1.85 bits per heavy atom. The first-order chi connectivity index (χ1) is 6.40. The molecule has 0 aromatic heterocycles. The topological polar surface area (TPSA) is 30.3 Å². The van der Waals surface area contributed by atoms with Crippen LogP contribution in [-0.4, -0.2) is 42.0 Å². The Morgan fingerprint density at radius 1 is 1.08 bits per heavy atom. The average molecular weight is 179 g/mol. The summed E-state index contributed by atoms with van der Waals surface area (Å²) in [7, 11) is 0. The van der Waals surface area contributed by atoms with E-state index in [2.05, 4.69) is 11.1 Å². The number of rotatable bonds is 1. The summed E-state index contributed by atoms with van der Waals surface area (Å²) in [5.74, 6) is 0. The van der Waals surface area contributed by atoms with Crippen LogP contribution in [0.15, 0.2) is 0 Å². The van der Waals surface area contributed by atoms with E-state index in [1.165, 1.54) is 38.8 Å². The average Bonchev–Trinajstić information content (AvgIpc) is 2.67. The molecule has 0 unspecified atom stereocenters. The third-order valence-corrected chi connectivity index (χ3v) is 3.21. The predicted octanol–water partition coefficient (Wildman–Crippen LogP) is 1.03. The van der Waals surface area contributed by atoms with Gasteiger partial charge in [-0.05, 0) is 32.4 Å². The number of hydrogen-bond donors (Lipinski definition) is 0. The fourth-order valence-corrected chi connectivity index (χ4v) is 2.41. The largest absolute Gasteiger partial charge is 0.309 e. The van der Waals surface area contributed by atoms with Crippen molar-refractivity contribution in [3.05, 3.63) is 0 Å². The lowest BCUT2D eigenvalue weighted by molar-refractivity contribution is 0.168. The van der Waals surface area contributed by atoms with Crippen molar-refractivity contribution in [3.63, 3.8) is 0 Å². The van der Waals surface area contributed by atoms with Crippen LogP contribution in [0.5, 0.6) is 0 Å². The van der Waals surface area contributed by atoms with E-state index in [1.807, 2.05) is 4.90 Å². The summed E-state index contributed by atoms with van der Waals surface area (Å²) in [5, 5.41) is 8.74.